The molecule has 0 unspecified atom stereocenters. The van der Waals surface area contributed by atoms with Crippen molar-refractivity contribution in [3.8, 4) is 0 Å². The summed E-state index contributed by atoms with van der Waals surface area (Å²) in [6.07, 6.45) is 0. The third-order valence-corrected chi connectivity index (χ3v) is 6.48. The molecule has 0 saturated carbocycles. The van der Waals surface area contributed by atoms with Crippen LogP contribution >= 0.6 is 23.4 Å². The molecule has 0 aliphatic rings. The van der Waals surface area contributed by atoms with Crippen LogP contribution in [0.1, 0.15) is 6.92 Å². The molecule has 0 spiro atoms. The van der Waals surface area contributed by atoms with E-state index in [1.165, 1.54) is 36.1 Å². The Hall–Kier alpha value is -2.07. The maximum atomic E-state index is 12.5. The molecule has 10 heteroatoms. The molecule has 0 aromatic heterocycles. The molecule has 0 aliphatic carbocycles. The molecule has 2 aromatic rings. The number of halogens is 1. The normalized spacial score (nSPS) is 12.3. The van der Waals surface area contributed by atoms with E-state index >= 15 is 0 Å². The lowest BCUT2D eigenvalue weighted by molar-refractivity contribution is -0.117. The number of benzene rings is 2. The fourth-order valence-corrected chi connectivity index (χ4v) is 4.13. The van der Waals surface area contributed by atoms with Crippen molar-refractivity contribution in [1.82, 2.24) is 9.62 Å². The van der Waals surface area contributed by atoms with Crippen molar-refractivity contribution in [3.05, 3.63) is 53.6 Å². The van der Waals surface area contributed by atoms with Gasteiger partial charge in [0.25, 0.3) is 5.24 Å². The number of nitrogens with one attached hydrogen (secondary N) is 2. The van der Waals surface area contributed by atoms with Gasteiger partial charge >= 0.3 is 0 Å². The Morgan fingerprint density at radius 3 is 2.29 bits per heavy atom. The van der Waals surface area contributed by atoms with Gasteiger partial charge in [0.1, 0.15) is 0 Å². The van der Waals surface area contributed by atoms with Gasteiger partial charge < -0.3 is 10.2 Å². The topological polar surface area (TPSA) is 95.6 Å². The Labute approximate surface area is 173 Å². The molecule has 150 valence electrons. The van der Waals surface area contributed by atoms with Crippen molar-refractivity contribution in [2.75, 3.05) is 19.4 Å². The highest BCUT2D eigenvalue weighted by molar-refractivity contribution is 8.13. The quantitative estimate of drug-likeness (QED) is 0.669. The van der Waals surface area contributed by atoms with Crippen molar-refractivity contribution < 1.29 is 18.0 Å². The molecule has 2 aromatic carbocycles. The van der Waals surface area contributed by atoms with E-state index in [0.29, 0.717) is 15.6 Å². The maximum Gasteiger partial charge on any atom is 0.286 e. The van der Waals surface area contributed by atoms with E-state index < -0.39 is 22.0 Å². The molecular formula is C18H20ClN3O4S2. The van der Waals surface area contributed by atoms with Gasteiger partial charge in [0.05, 0.1) is 16.6 Å². The van der Waals surface area contributed by atoms with Gasteiger partial charge in [-0.2, -0.15) is 4.72 Å². The number of carbonyl (C=O) groups is 2. The first-order valence-corrected chi connectivity index (χ1v) is 10.8. The van der Waals surface area contributed by atoms with Gasteiger partial charge in [0, 0.05) is 24.0 Å². The van der Waals surface area contributed by atoms with Crippen molar-refractivity contribution in [3.63, 3.8) is 0 Å². The summed E-state index contributed by atoms with van der Waals surface area (Å²) in [5.74, 6) is -0.553. The van der Waals surface area contributed by atoms with Crippen LogP contribution < -0.4 is 10.0 Å². The molecule has 2 amide bonds. The summed E-state index contributed by atoms with van der Waals surface area (Å²) in [5, 5.41) is 2.87. The Kier molecular flexibility index (Phi) is 7.48. The molecule has 1 atom stereocenters. The predicted molar refractivity (Wildman–Crippen MR) is 111 cm³/mol. The third kappa shape index (κ3) is 5.96. The molecule has 2 rings (SSSR count). The van der Waals surface area contributed by atoms with E-state index in [4.69, 9.17) is 11.6 Å². The second-order valence-corrected chi connectivity index (χ2v) is 9.19. The third-order valence-electron chi connectivity index (χ3n) is 3.56. The van der Waals surface area contributed by atoms with E-state index in [9.17, 15) is 18.0 Å². The number of anilines is 1. The zero-order valence-corrected chi connectivity index (χ0v) is 17.9. The van der Waals surface area contributed by atoms with Crippen LogP contribution in [0.5, 0.6) is 0 Å². The van der Waals surface area contributed by atoms with Gasteiger partial charge in [-0.15, -0.1) is 0 Å². The Morgan fingerprint density at radius 1 is 1.07 bits per heavy atom. The zero-order chi connectivity index (χ0) is 20.9. The molecule has 7 nitrogen and oxygen atoms in total. The van der Waals surface area contributed by atoms with Gasteiger partial charge in [-0.1, -0.05) is 23.7 Å². The van der Waals surface area contributed by atoms with Gasteiger partial charge in [0.2, 0.25) is 15.9 Å². The van der Waals surface area contributed by atoms with Crippen molar-refractivity contribution in [2.45, 2.75) is 22.8 Å². The first-order chi connectivity index (χ1) is 13.1. The summed E-state index contributed by atoms with van der Waals surface area (Å²) >= 11 is 6.73. The number of hydrogen-bond donors (Lipinski definition) is 2. The first-order valence-electron chi connectivity index (χ1n) is 8.17. The molecule has 2 N–H and O–H groups in total. The van der Waals surface area contributed by atoms with Crippen molar-refractivity contribution in [1.29, 1.82) is 0 Å². The summed E-state index contributed by atoms with van der Waals surface area (Å²) < 4.78 is 27.1. The lowest BCUT2D eigenvalue weighted by Gasteiger charge is -2.17. The van der Waals surface area contributed by atoms with Crippen LogP contribution in [0.3, 0.4) is 0 Å². The Balaban J connectivity index is 2.10. The average molecular weight is 442 g/mol. The smallest absolute Gasteiger partial charge is 0.286 e. The van der Waals surface area contributed by atoms with Gasteiger partial charge in [-0.05, 0) is 55.1 Å². The average Bonchev–Trinajstić information content (AvgIpc) is 2.63. The SMILES string of the molecule is C[C@H](NS(=O)(=O)c1ccc(Cl)cc1)C(=O)Nc1ccccc1SC(=O)N(C)C. The van der Waals surface area contributed by atoms with Crippen LogP contribution in [-0.4, -0.2) is 44.6 Å². The largest absolute Gasteiger partial charge is 0.339 e. The summed E-state index contributed by atoms with van der Waals surface area (Å²) in [7, 11) is -0.631. The van der Waals surface area contributed by atoms with Crippen LogP contribution in [0.15, 0.2) is 58.3 Å². The van der Waals surface area contributed by atoms with Crippen molar-refractivity contribution >= 4 is 50.2 Å². The van der Waals surface area contributed by atoms with Crippen LogP contribution in [0.25, 0.3) is 0 Å². The van der Waals surface area contributed by atoms with Crippen LogP contribution in [-0.2, 0) is 14.8 Å². The fourth-order valence-electron chi connectivity index (χ4n) is 2.05. The van der Waals surface area contributed by atoms with Crippen LogP contribution in [0, 0.1) is 0 Å². The highest BCUT2D eigenvalue weighted by Gasteiger charge is 2.23. The molecule has 28 heavy (non-hydrogen) atoms. The van der Waals surface area contributed by atoms with E-state index in [1.807, 2.05) is 0 Å². The number of sulfonamides is 1. The van der Waals surface area contributed by atoms with Crippen molar-refractivity contribution in [2.24, 2.45) is 0 Å². The minimum absolute atomic E-state index is 0.00378. The summed E-state index contributed by atoms with van der Waals surface area (Å²) in [6.45, 7) is 1.43. The first kappa shape index (κ1) is 22.2. The summed E-state index contributed by atoms with van der Waals surface area (Å²) in [5.41, 5.74) is 0.422. The summed E-state index contributed by atoms with van der Waals surface area (Å²) in [6, 6.07) is 11.4. The van der Waals surface area contributed by atoms with E-state index in [0.717, 1.165) is 11.8 Å². The molecule has 0 radical (unpaired) electrons. The van der Waals surface area contributed by atoms with E-state index in [-0.39, 0.29) is 10.1 Å². The minimum atomic E-state index is -3.89. The van der Waals surface area contributed by atoms with E-state index in [2.05, 4.69) is 10.0 Å². The Morgan fingerprint density at radius 2 is 1.68 bits per heavy atom. The molecule has 0 heterocycles. The molecule has 0 aliphatic heterocycles. The van der Waals surface area contributed by atoms with E-state index in [1.54, 1.807) is 38.4 Å². The van der Waals surface area contributed by atoms with Gasteiger partial charge in [-0.3, -0.25) is 9.59 Å². The number of thioether (sulfide) groups is 1. The highest BCUT2D eigenvalue weighted by Crippen LogP contribution is 2.28. The Bertz CT molecular complexity index is 963. The van der Waals surface area contributed by atoms with Gasteiger partial charge in [-0.25, -0.2) is 8.42 Å². The maximum absolute atomic E-state index is 12.5. The second-order valence-electron chi connectivity index (χ2n) is 6.04. The number of amides is 2. The molecule has 0 bridgehead atoms. The fraction of sp³-hybridized carbons (Fsp3) is 0.222. The second kappa shape index (κ2) is 9.42. The lowest BCUT2D eigenvalue weighted by Crippen LogP contribution is -2.41. The molecule has 0 fully saturated rings. The van der Waals surface area contributed by atoms with Crippen LogP contribution in [0.2, 0.25) is 5.02 Å². The predicted octanol–water partition coefficient (Wildman–Crippen LogP) is 3.42. The number of para-hydroxylation sites is 1. The minimum Gasteiger partial charge on any atom is -0.339 e. The van der Waals surface area contributed by atoms with Gasteiger partial charge in [0.15, 0.2) is 0 Å². The molecule has 0 saturated heterocycles. The van der Waals surface area contributed by atoms with Crippen LogP contribution in [0.4, 0.5) is 10.5 Å². The monoisotopic (exact) mass is 441 g/mol. The number of hydrogen-bond acceptors (Lipinski definition) is 5. The number of carbonyl (C=O) groups excluding carboxylic acids is 2. The highest BCUT2D eigenvalue weighted by atomic mass is 35.5. The lowest BCUT2D eigenvalue weighted by atomic mass is 10.3. The standard InChI is InChI=1S/C18H20ClN3O4S2/c1-12(21-28(25,26)14-10-8-13(19)9-11-14)17(23)20-15-6-4-5-7-16(15)27-18(24)22(2)3/h4-12,21H,1-3H3,(H,20,23)/t12-/m0/s1. The summed E-state index contributed by atoms with van der Waals surface area (Å²) in [4.78, 5) is 26.4. The number of nitrogens with zero attached hydrogens (tertiary/aromatic N) is 1. The zero-order valence-electron chi connectivity index (χ0n) is 15.5. The number of rotatable bonds is 6. The molecular weight excluding hydrogens is 422 g/mol.